The number of nitrogens with zero attached hydrogens (tertiary/aromatic N) is 1. The second-order valence-corrected chi connectivity index (χ2v) is 4.40. The maximum Gasteiger partial charge on any atom is 0.264 e. The molecule has 0 fully saturated rings. The molecular formula is C12H8N2OS. The van der Waals surface area contributed by atoms with E-state index in [9.17, 15) is 4.79 Å². The minimum atomic E-state index is -0.173. The Bertz CT molecular complexity index is 631. The predicted molar refractivity (Wildman–Crippen MR) is 65.2 cm³/mol. The summed E-state index contributed by atoms with van der Waals surface area (Å²) in [5.41, 5.74) is 2.58. The molecule has 1 aromatic carbocycles. The third-order valence-electron chi connectivity index (χ3n) is 2.42. The summed E-state index contributed by atoms with van der Waals surface area (Å²) in [6, 6.07) is 9.60. The number of benzene rings is 1. The van der Waals surface area contributed by atoms with E-state index >= 15 is 0 Å². The third kappa shape index (κ3) is 1.47. The van der Waals surface area contributed by atoms with Crippen LogP contribution in [0.25, 0.3) is 17.3 Å². The van der Waals surface area contributed by atoms with Gasteiger partial charge in [-0.05, 0) is 17.6 Å². The summed E-state index contributed by atoms with van der Waals surface area (Å²) in [6.07, 6.45) is 1.92. The van der Waals surface area contributed by atoms with Crippen molar-refractivity contribution in [3.63, 3.8) is 0 Å². The Morgan fingerprint density at radius 3 is 3.06 bits per heavy atom. The molecule has 0 bridgehead atoms. The smallest absolute Gasteiger partial charge is 0.264 e. The molecule has 4 heteroatoms. The summed E-state index contributed by atoms with van der Waals surface area (Å²) >= 11 is 1.64. The lowest BCUT2D eigenvalue weighted by molar-refractivity contribution is 0.989. The van der Waals surface area contributed by atoms with Gasteiger partial charge in [-0.25, -0.2) is 5.10 Å². The lowest BCUT2D eigenvalue weighted by Gasteiger charge is -2.05. The van der Waals surface area contributed by atoms with Crippen LogP contribution in [0.15, 0.2) is 45.4 Å². The monoisotopic (exact) mass is 228 g/mol. The molecule has 1 aliphatic heterocycles. The number of aromatic nitrogens is 2. The summed E-state index contributed by atoms with van der Waals surface area (Å²) in [5, 5.41) is 8.58. The largest absolute Gasteiger partial charge is 0.268 e. The molecule has 0 saturated carbocycles. The zero-order valence-electron chi connectivity index (χ0n) is 8.31. The molecular weight excluding hydrogens is 220 g/mol. The Kier molecular flexibility index (Phi) is 2.15. The maximum absolute atomic E-state index is 11.2. The van der Waals surface area contributed by atoms with Gasteiger partial charge in [0.15, 0.2) is 0 Å². The Balaban J connectivity index is 2.35. The summed E-state index contributed by atoms with van der Waals surface area (Å²) in [4.78, 5) is 12.4. The van der Waals surface area contributed by atoms with Gasteiger partial charge in [0.25, 0.3) is 5.56 Å². The van der Waals surface area contributed by atoms with E-state index in [4.69, 9.17) is 0 Å². The molecule has 3 nitrogen and oxygen atoms in total. The van der Waals surface area contributed by atoms with E-state index in [1.54, 1.807) is 17.8 Å². The zero-order chi connectivity index (χ0) is 11.0. The molecule has 0 spiro atoms. The standard InChI is InChI=1S/C12H8N2OS/c15-11-7-8-5-6-16-10-4-2-1-3-9(10)12(8)14-13-11/h1-7H,(H,13,15). The van der Waals surface area contributed by atoms with Gasteiger partial charge < -0.3 is 0 Å². The van der Waals surface area contributed by atoms with Crippen molar-refractivity contribution in [2.24, 2.45) is 0 Å². The average Bonchev–Trinajstić information content (AvgIpc) is 2.47. The van der Waals surface area contributed by atoms with Gasteiger partial charge in [-0.3, -0.25) is 4.79 Å². The van der Waals surface area contributed by atoms with Crippen LogP contribution in [0.3, 0.4) is 0 Å². The normalized spacial score (nSPS) is 12.8. The number of nitrogens with one attached hydrogen (secondary N) is 1. The van der Waals surface area contributed by atoms with Gasteiger partial charge in [0, 0.05) is 22.1 Å². The highest BCUT2D eigenvalue weighted by molar-refractivity contribution is 8.02. The molecule has 78 valence electrons. The highest BCUT2D eigenvalue weighted by Crippen LogP contribution is 2.35. The maximum atomic E-state index is 11.2. The van der Waals surface area contributed by atoms with Crippen molar-refractivity contribution in [1.82, 2.24) is 10.2 Å². The number of fused-ring (bicyclic) bond motifs is 3. The van der Waals surface area contributed by atoms with E-state index < -0.39 is 0 Å². The zero-order valence-corrected chi connectivity index (χ0v) is 9.12. The fourth-order valence-corrected chi connectivity index (χ4v) is 2.52. The summed E-state index contributed by atoms with van der Waals surface area (Å²) in [6.45, 7) is 0. The summed E-state index contributed by atoms with van der Waals surface area (Å²) in [7, 11) is 0. The SMILES string of the molecule is O=c1cc2c(n[nH]1)-c1ccccc1SC=C2. The first-order valence-electron chi connectivity index (χ1n) is 4.87. The van der Waals surface area contributed by atoms with Crippen molar-refractivity contribution in [3.05, 3.63) is 51.7 Å². The topological polar surface area (TPSA) is 45.8 Å². The number of thioether (sulfide) groups is 1. The second kappa shape index (κ2) is 3.64. The van der Waals surface area contributed by atoms with Gasteiger partial charge in [0.2, 0.25) is 0 Å². The van der Waals surface area contributed by atoms with E-state index in [-0.39, 0.29) is 5.56 Å². The molecule has 0 amide bonds. The fraction of sp³-hybridized carbons (Fsp3) is 0. The van der Waals surface area contributed by atoms with E-state index in [0.29, 0.717) is 0 Å². The van der Waals surface area contributed by atoms with Gasteiger partial charge in [-0.2, -0.15) is 5.10 Å². The van der Waals surface area contributed by atoms with Crippen LogP contribution < -0.4 is 5.56 Å². The molecule has 0 saturated heterocycles. The van der Waals surface area contributed by atoms with Gasteiger partial charge in [-0.1, -0.05) is 30.0 Å². The quantitative estimate of drug-likeness (QED) is 0.753. The van der Waals surface area contributed by atoms with E-state index in [1.807, 2.05) is 35.7 Å². The van der Waals surface area contributed by atoms with E-state index in [1.165, 1.54) is 0 Å². The van der Waals surface area contributed by atoms with E-state index in [2.05, 4.69) is 10.2 Å². The molecule has 3 rings (SSSR count). The second-order valence-electron chi connectivity index (χ2n) is 3.45. The lowest BCUT2D eigenvalue weighted by Crippen LogP contribution is -2.08. The van der Waals surface area contributed by atoms with Crippen LogP contribution in [-0.4, -0.2) is 10.2 Å². The van der Waals surface area contributed by atoms with Crippen molar-refractivity contribution in [1.29, 1.82) is 0 Å². The molecule has 0 aliphatic carbocycles. The number of aromatic amines is 1. The first-order valence-corrected chi connectivity index (χ1v) is 5.75. The molecule has 1 aliphatic rings. The van der Waals surface area contributed by atoms with Gasteiger partial charge in [0.1, 0.15) is 0 Å². The Labute approximate surface area is 96.2 Å². The van der Waals surface area contributed by atoms with Crippen LogP contribution in [0, 0.1) is 0 Å². The molecule has 1 N–H and O–H groups in total. The highest BCUT2D eigenvalue weighted by atomic mass is 32.2. The first-order chi connectivity index (χ1) is 7.84. The number of H-pyrrole nitrogens is 1. The predicted octanol–water partition coefficient (Wildman–Crippen LogP) is 2.51. The molecule has 0 radical (unpaired) electrons. The molecule has 0 unspecified atom stereocenters. The van der Waals surface area contributed by atoms with Crippen molar-refractivity contribution in [3.8, 4) is 11.3 Å². The average molecular weight is 228 g/mol. The fourth-order valence-electron chi connectivity index (χ4n) is 1.71. The van der Waals surface area contributed by atoms with Crippen molar-refractivity contribution in [2.45, 2.75) is 4.90 Å². The third-order valence-corrected chi connectivity index (χ3v) is 3.30. The number of hydrogen-bond donors (Lipinski definition) is 1. The van der Waals surface area contributed by atoms with Crippen LogP contribution in [0.4, 0.5) is 0 Å². The van der Waals surface area contributed by atoms with E-state index in [0.717, 1.165) is 21.7 Å². The first kappa shape index (κ1) is 9.42. The Morgan fingerprint density at radius 2 is 2.12 bits per heavy atom. The van der Waals surface area contributed by atoms with Crippen LogP contribution >= 0.6 is 11.8 Å². The minimum absolute atomic E-state index is 0.173. The van der Waals surface area contributed by atoms with Crippen molar-refractivity contribution < 1.29 is 0 Å². The Hall–Kier alpha value is -1.81. The minimum Gasteiger partial charge on any atom is -0.268 e. The van der Waals surface area contributed by atoms with Crippen LogP contribution in [-0.2, 0) is 0 Å². The van der Waals surface area contributed by atoms with Crippen LogP contribution in [0.1, 0.15) is 5.56 Å². The molecule has 16 heavy (non-hydrogen) atoms. The molecule has 2 aromatic rings. The van der Waals surface area contributed by atoms with Crippen LogP contribution in [0.5, 0.6) is 0 Å². The van der Waals surface area contributed by atoms with Gasteiger partial charge in [-0.15, -0.1) is 0 Å². The number of hydrogen-bond acceptors (Lipinski definition) is 3. The van der Waals surface area contributed by atoms with Gasteiger partial charge >= 0.3 is 0 Å². The highest BCUT2D eigenvalue weighted by Gasteiger charge is 2.12. The molecule has 0 atom stereocenters. The Morgan fingerprint density at radius 1 is 1.25 bits per heavy atom. The molecule has 1 aromatic heterocycles. The van der Waals surface area contributed by atoms with Gasteiger partial charge in [0.05, 0.1) is 5.69 Å². The summed E-state index contributed by atoms with van der Waals surface area (Å²) in [5.74, 6) is 0. The molecule has 2 heterocycles. The summed E-state index contributed by atoms with van der Waals surface area (Å²) < 4.78 is 0. The van der Waals surface area contributed by atoms with Crippen LogP contribution in [0.2, 0.25) is 0 Å². The van der Waals surface area contributed by atoms with Crippen molar-refractivity contribution in [2.75, 3.05) is 0 Å². The van der Waals surface area contributed by atoms with Crippen molar-refractivity contribution >= 4 is 17.8 Å². The number of rotatable bonds is 0. The lowest BCUT2D eigenvalue weighted by atomic mass is 10.1.